The van der Waals surface area contributed by atoms with Crippen LogP contribution in [0.2, 0.25) is 0 Å². The van der Waals surface area contributed by atoms with Crippen LogP contribution in [0.25, 0.3) is 0 Å². The standard InChI is InChI=1S/C15H19N2O3P/c1-4-8-14(11-16)19-21(18)17(3)12(2)15(20-21)13-9-6-5-7-10-13/h4-10,12,14-15H,1-3H3/b8-4+/t12-,14-,15+,21-/m0/s1. The topological polar surface area (TPSA) is 62.6 Å². The van der Waals surface area contributed by atoms with E-state index in [1.807, 2.05) is 43.3 Å². The molecule has 1 aliphatic heterocycles. The van der Waals surface area contributed by atoms with Crippen LogP contribution in [0, 0.1) is 11.3 Å². The zero-order valence-corrected chi connectivity index (χ0v) is 13.2. The predicted molar refractivity (Wildman–Crippen MR) is 80.4 cm³/mol. The molecule has 0 aromatic heterocycles. The molecule has 5 nitrogen and oxygen atoms in total. The summed E-state index contributed by atoms with van der Waals surface area (Å²) in [5.41, 5.74) is 0.942. The molecule has 0 aliphatic carbocycles. The quantitative estimate of drug-likeness (QED) is 0.627. The second kappa shape index (κ2) is 6.55. The first kappa shape index (κ1) is 15.9. The predicted octanol–water partition coefficient (Wildman–Crippen LogP) is 3.67. The van der Waals surface area contributed by atoms with Gasteiger partial charge < -0.3 is 0 Å². The van der Waals surface area contributed by atoms with Crippen LogP contribution in [0.4, 0.5) is 0 Å². The second-order valence-electron chi connectivity index (χ2n) is 4.90. The number of hydrogen-bond acceptors (Lipinski definition) is 4. The highest BCUT2D eigenvalue weighted by Gasteiger charge is 2.49. The molecule has 0 unspecified atom stereocenters. The van der Waals surface area contributed by atoms with E-state index in [0.29, 0.717) is 0 Å². The minimum Gasteiger partial charge on any atom is -0.287 e. The van der Waals surface area contributed by atoms with Crippen LogP contribution >= 0.6 is 7.75 Å². The zero-order valence-electron chi connectivity index (χ0n) is 12.3. The van der Waals surface area contributed by atoms with Crippen molar-refractivity contribution in [3.63, 3.8) is 0 Å². The van der Waals surface area contributed by atoms with Gasteiger partial charge in [-0.2, -0.15) is 5.26 Å². The van der Waals surface area contributed by atoms with Crippen LogP contribution < -0.4 is 0 Å². The van der Waals surface area contributed by atoms with E-state index in [1.54, 1.807) is 30.8 Å². The van der Waals surface area contributed by atoms with Crippen LogP contribution in [0.1, 0.15) is 25.5 Å². The molecule has 0 bridgehead atoms. The van der Waals surface area contributed by atoms with Gasteiger partial charge in [0.2, 0.25) is 0 Å². The zero-order chi connectivity index (χ0) is 15.5. The van der Waals surface area contributed by atoms with Crippen molar-refractivity contribution in [1.82, 2.24) is 4.67 Å². The van der Waals surface area contributed by atoms with Crippen molar-refractivity contribution in [1.29, 1.82) is 5.26 Å². The van der Waals surface area contributed by atoms with E-state index in [-0.39, 0.29) is 12.1 Å². The summed E-state index contributed by atoms with van der Waals surface area (Å²) < 4.78 is 25.6. The molecule has 6 heteroatoms. The maximum atomic E-state index is 12.9. The Morgan fingerprint density at radius 3 is 2.71 bits per heavy atom. The van der Waals surface area contributed by atoms with Gasteiger partial charge in [0.15, 0.2) is 6.10 Å². The molecule has 1 aromatic carbocycles. The molecule has 1 saturated heterocycles. The second-order valence-corrected chi connectivity index (χ2v) is 6.89. The van der Waals surface area contributed by atoms with Crippen molar-refractivity contribution >= 4 is 7.75 Å². The largest absolute Gasteiger partial charge is 0.410 e. The third-order valence-corrected chi connectivity index (χ3v) is 5.65. The Kier molecular flexibility index (Phi) is 4.97. The van der Waals surface area contributed by atoms with Gasteiger partial charge in [0, 0.05) is 6.04 Å². The van der Waals surface area contributed by atoms with Crippen molar-refractivity contribution in [2.45, 2.75) is 32.1 Å². The van der Waals surface area contributed by atoms with Crippen molar-refractivity contribution in [2.24, 2.45) is 0 Å². The van der Waals surface area contributed by atoms with E-state index in [0.717, 1.165) is 5.56 Å². The number of rotatable bonds is 4. The van der Waals surface area contributed by atoms with Gasteiger partial charge in [-0.05, 0) is 32.5 Å². The summed E-state index contributed by atoms with van der Waals surface area (Å²) in [5.74, 6) is 0. The Morgan fingerprint density at radius 2 is 2.14 bits per heavy atom. The average molecular weight is 306 g/mol. The molecule has 0 amide bonds. The lowest BCUT2D eigenvalue weighted by Gasteiger charge is -2.21. The first-order chi connectivity index (χ1) is 10.0. The molecule has 0 radical (unpaired) electrons. The molecule has 1 heterocycles. The number of nitriles is 1. The van der Waals surface area contributed by atoms with Crippen molar-refractivity contribution in [2.75, 3.05) is 7.05 Å². The Hall–Kier alpha value is -1.44. The van der Waals surface area contributed by atoms with E-state index in [1.165, 1.54) is 0 Å². The highest BCUT2D eigenvalue weighted by molar-refractivity contribution is 7.51. The molecule has 0 saturated carbocycles. The Labute approximate surface area is 125 Å². The fourth-order valence-corrected chi connectivity index (χ4v) is 4.13. The molecule has 2 rings (SSSR count). The number of nitrogens with zero attached hydrogens (tertiary/aromatic N) is 2. The van der Waals surface area contributed by atoms with Crippen LogP contribution in [0.15, 0.2) is 42.5 Å². The van der Waals surface area contributed by atoms with Gasteiger partial charge in [-0.3, -0.25) is 9.05 Å². The van der Waals surface area contributed by atoms with Crippen molar-refractivity contribution < 1.29 is 13.6 Å². The van der Waals surface area contributed by atoms with Gasteiger partial charge in [0.1, 0.15) is 6.10 Å². The normalized spacial score (nSPS) is 31.3. The Bertz CT molecular complexity index is 597. The van der Waals surface area contributed by atoms with Gasteiger partial charge in [-0.15, -0.1) is 0 Å². The first-order valence-corrected chi connectivity index (χ1v) is 8.29. The summed E-state index contributed by atoms with van der Waals surface area (Å²) in [6.07, 6.45) is 2.02. The van der Waals surface area contributed by atoms with E-state index in [9.17, 15) is 4.57 Å². The molecule has 112 valence electrons. The monoisotopic (exact) mass is 306 g/mol. The van der Waals surface area contributed by atoms with Gasteiger partial charge >= 0.3 is 7.75 Å². The van der Waals surface area contributed by atoms with Gasteiger partial charge in [0.25, 0.3) is 0 Å². The summed E-state index contributed by atoms with van der Waals surface area (Å²) in [6.45, 7) is 3.70. The average Bonchev–Trinajstić information content (AvgIpc) is 2.72. The van der Waals surface area contributed by atoms with Crippen LogP contribution in [-0.4, -0.2) is 23.9 Å². The molecule has 0 N–H and O–H groups in total. The van der Waals surface area contributed by atoms with E-state index in [4.69, 9.17) is 14.3 Å². The molecule has 1 fully saturated rings. The number of allylic oxidation sites excluding steroid dienone is 1. The Morgan fingerprint density at radius 1 is 1.48 bits per heavy atom. The van der Waals surface area contributed by atoms with Crippen molar-refractivity contribution in [3.05, 3.63) is 48.0 Å². The maximum absolute atomic E-state index is 12.9. The Balaban J connectivity index is 2.23. The smallest absolute Gasteiger partial charge is 0.287 e. The van der Waals surface area contributed by atoms with E-state index in [2.05, 4.69) is 0 Å². The molecule has 1 aliphatic rings. The van der Waals surface area contributed by atoms with Crippen molar-refractivity contribution in [3.8, 4) is 6.07 Å². The third kappa shape index (κ3) is 3.25. The van der Waals surface area contributed by atoms with Gasteiger partial charge in [0.05, 0.1) is 6.07 Å². The first-order valence-electron chi connectivity index (χ1n) is 6.79. The summed E-state index contributed by atoms with van der Waals surface area (Å²) in [4.78, 5) is 0. The molecular formula is C15H19N2O3P. The van der Waals surface area contributed by atoms with Crippen LogP contribution in [0.3, 0.4) is 0 Å². The lowest BCUT2D eigenvalue weighted by atomic mass is 10.0. The molecular weight excluding hydrogens is 287 g/mol. The lowest BCUT2D eigenvalue weighted by molar-refractivity contribution is 0.166. The maximum Gasteiger partial charge on any atom is 0.410 e. The van der Waals surface area contributed by atoms with Crippen LogP contribution in [0.5, 0.6) is 0 Å². The number of likely N-dealkylation sites (N-methyl/N-ethyl adjacent to an activating group) is 1. The molecule has 1 aromatic rings. The summed E-state index contributed by atoms with van der Waals surface area (Å²) in [6, 6.07) is 11.4. The van der Waals surface area contributed by atoms with E-state index < -0.39 is 13.9 Å². The minimum atomic E-state index is -3.48. The number of hydrogen-bond donors (Lipinski definition) is 0. The van der Waals surface area contributed by atoms with Crippen LogP contribution in [-0.2, 0) is 13.6 Å². The fourth-order valence-electron chi connectivity index (χ4n) is 2.23. The molecule has 21 heavy (non-hydrogen) atoms. The van der Waals surface area contributed by atoms with Gasteiger partial charge in [-0.25, -0.2) is 9.24 Å². The molecule has 0 spiro atoms. The third-order valence-electron chi connectivity index (χ3n) is 3.53. The van der Waals surface area contributed by atoms with Gasteiger partial charge in [-0.1, -0.05) is 36.4 Å². The summed E-state index contributed by atoms with van der Waals surface area (Å²) in [5, 5.41) is 9.05. The molecule has 4 atom stereocenters. The fraction of sp³-hybridized carbons (Fsp3) is 0.400. The van der Waals surface area contributed by atoms with E-state index >= 15 is 0 Å². The minimum absolute atomic E-state index is 0.108. The highest BCUT2D eigenvalue weighted by atomic mass is 31.2. The highest BCUT2D eigenvalue weighted by Crippen LogP contribution is 2.63. The number of benzene rings is 1. The SMILES string of the molecule is C/C=C/[C@@H](C#N)O[P@]1(=O)O[C@@H](c2ccccc2)[C@H](C)N1C. The summed E-state index contributed by atoms with van der Waals surface area (Å²) in [7, 11) is -1.79. The lowest BCUT2D eigenvalue weighted by Crippen LogP contribution is -2.24. The summed E-state index contributed by atoms with van der Waals surface area (Å²) >= 11 is 0.